The minimum Gasteiger partial charge on any atom is -0.477 e. The maximum absolute atomic E-state index is 11.1. The molecule has 0 saturated heterocycles. The second-order valence-corrected chi connectivity index (χ2v) is 5.47. The summed E-state index contributed by atoms with van der Waals surface area (Å²) < 4.78 is 0. The molecule has 1 aromatic heterocycles. The maximum atomic E-state index is 11.1. The van der Waals surface area contributed by atoms with Crippen molar-refractivity contribution in [1.29, 1.82) is 0 Å². The molecule has 0 aromatic carbocycles. The molecule has 1 N–H and O–H groups in total. The van der Waals surface area contributed by atoms with Gasteiger partial charge in [-0.1, -0.05) is 32.1 Å². The summed E-state index contributed by atoms with van der Waals surface area (Å²) in [6.45, 7) is 0. The van der Waals surface area contributed by atoms with E-state index in [1.54, 1.807) is 0 Å². The molecule has 3 heteroatoms. The molecule has 2 rings (SSSR count). The van der Waals surface area contributed by atoms with Gasteiger partial charge in [0.1, 0.15) is 4.88 Å². The molecule has 88 valence electrons. The molecular weight excluding hydrogens is 220 g/mol. The Morgan fingerprint density at radius 2 is 1.81 bits per heavy atom. The second-order valence-electron chi connectivity index (χ2n) is 4.55. The average molecular weight is 238 g/mol. The fourth-order valence-corrected chi connectivity index (χ4v) is 3.40. The van der Waals surface area contributed by atoms with Crippen molar-refractivity contribution in [2.45, 2.75) is 50.9 Å². The number of hydrogen-bond donors (Lipinski definition) is 1. The summed E-state index contributed by atoms with van der Waals surface area (Å²) >= 11 is 1.36. The third-order valence-electron chi connectivity index (χ3n) is 3.43. The monoisotopic (exact) mass is 238 g/mol. The Labute approximate surface area is 100 Å². The molecule has 0 spiro atoms. The molecule has 1 heterocycles. The first kappa shape index (κ1) is 11.6. The number of hydrogen-bond acceptors (Lipinski definition) is 2. The van der Waals surface area contributed by atoms with E-state index in [9.17, 15) is 4.79 Å². The highest BCUT2D eigenvalue weighted by molar-refractivity contribution is 7.12. The Balaban J connectivity index is 2.14. The van der Waals surface area contributed by atoms with E-state index in [1.165, 1.54) is 43.4 Å². The number of aromatic carboxylic acids is 1. The van der Waals surface area contributed by atoms with Gasteiger partial charge >= 0.3 is 5.97 Å². The van der Waals surface area contributed by atoms with Gasteiger partial charge in [-0.25, -0.2) is 4.79 Å². The topological polar surface area (TPSA) is 37.3 Å². The zero-order valence-electron chi connectivity index (χ0n) is 9.45. The maximum Gasteiger partial charge on any atom is 0.346 e. The van der Waals surface area contributed by atoms with Crippen molar-refractivity contribution >= 4 is 17.3 Å². The second kappa shape index (κ2) is 5.48. The Morgan fingerprint density at radius 1 is 1.19 bits per heavy atom. The Kier molecular flexibility index (Phi) is 3.99. The molecule has 1 fully saturated rings. The summed E-state index contributed by atoms with van der Waals surface area (Å²) in [6.07, 6.45) is 8.79. The summed E-state index contributed by atoms with van der Waals surface area (Å²) in [5, 5.41) is 11.0. The van der Waals surface area contributed by atoms with Gasteiger partial charge in [0.25, 0.3) is 0 Å². The van der Waals surface area contributed by atoms with Gasteiger partial charge in [0.15, 0.2) is 0 Å². The molecule has 0 unspecified atom stereocenters. The van der Waals surface area contributed by atoms with Crippen molar-refractivity contribution in [2.75, 3.05) is 0 Å². The largest absolute Gasteiger partial charge is 0.477 e. The van der Waals surface area contributed by atoms with Gasteiger partial charge < -0.3 is 5.11 Å². The van der Waals surface area contributed by atoms with Crippen LogP contribution in [0.25, 0.3) is 0 Å². The lowest BCUT2D eigenvalue weighted by atomic mass is 9.86. The number of thiophene rings is 1. The van der Waals surface area contributed by atoms with Crippen LogP contribution in [0.4, 0.5) is 0 Å². The highest BCUT2D eigenvalue weighted by Crippen LogP contribution is 2.34. The molecule has 1 aliphatic rings. The van der Waals surface area contributed by atoms with Crippen LogP contribution in [-0.2, 0) is 0 Å². The van der Waals surface area contributed by atoms with E-state index < -0.39 is 5.97 Å². The number of carbonyl (C=O) groups is 1. The van der Waals surface area contributed by atoms with Crippen molar-refractivity contribution < 1.29 is 9.90 Å². The lowest BCUT2D eigenvalue weighted by molar-refractivity contribution is 0.0700. The van der Waals surface area contributed by atoms with Crippen molar-refractivity contribution in [2.24, 2.45) is 0 Å². The fraction of sp³-hybridized carbons (Fsp3) is 0.615. The van der Waals surface area contributed by atoms with Gasteiger partial charge in [-0.15, -0.1) is 11.3 Å². The number of carboxylic acids is 1. The number of carboxylic acid groups (broad SMARTS) is 1. The van der Waals surface area contributed by atoms with E-state index in [-0.39, 0.29) is 0 Å². The van der Waals surface area contributed by atoms with Crippen LogP contribution in [0, 0.1) is 0 Å². The van der Waals surface area contributed by atoms with Gasteiger partial charge in [0, 0.05) is 0 Å². The molecule has 0 aliphatic heterocycles. The molecule has 1 saturated carbocycles. The number of rotatable bonds is 2. The van der Waals surface area contributed by atoms with E-state index in [1.807, 2.05) is 11.4 Å². The van der Waals surface area contributed by atoms with Crippen LogP contribution >= 0.6 is 11.3 Å². The van der Waals surface area contributed by atoms with Gasteiger partial charge in [-0.3, -0.25) is 0 Å². The smallest absolute Gasteiger partial charge is 0.346 e. The minimum absolute atomic E-state index is 0.484. The predicted molar refractivity (Wildman–Crippen MR) is 66.3 cm³/mol. The standard InChI is InChI=1S/C13H18O2S/c14-13(15)12-11(8-9-16-12)10-6-4-2-1-3-5-7-10/h8-10H,1-7H2,(H,14,15). The van der Waals surface area contributed by atoms with E-state index in [2.05, 4.69) is 0 Å². The SMILES string of the molecule is O=C(O)c1sccc1C1CCCCCCC1. The highest BCUT2D eigenvalue weighted by Gasteiger charge is 2.20. The van der Waals surface area contributed by atoms with E-state index >= 15 is 0 Å². The Hall–Kier alpha value is -0.830. The summed E-state index contributed by atoms with van der Waals surface area (Å²) in [4.78, 5) is 11.7. The average Bonchev–Trinajstić information content (AvgIpc) is 2.65. The summed E-state index contributed by atoms with van der Waals surface area (Å²) in [7, 11) is 0. The summed E-state index contributed by atoms with van der Waals surface area (Å²) in [5.74, 6) is -0.273. The Morgan fingerprint density at radius 3 is 2.44 bits per heavy atom. The Bertz CT molecular complexity index is 349. The first-order valence-corrected chi connectivity index (χ1v) is 6.97. The molecule has 16 heavy (non-hydrogen) atoms. The zero-order valence-corrected chi connectivity index (χ0v) is 10.3. The zero-order chi connectivity index (χ0) is 11.4. The quantitative estimate of drug-likeness (QED) is 0.835. The molecule has 0 radical (unpaired) electrons. The van der Waals surface area contributed by atoms with Crippen molar-refractivity contribution in [3.63, 3.8) is 0 Å². The van der Waals surface area contributed by atoms with Crippen molar-refractivity contribution in [1.82, 2.24) is 0 Å². The van der Waals surface area contributed by atoms with E-state index in [0.29, 0.717) is 10.8 Å². The molecular formula is C13H18O2S. The van der Waals surface area contributed by atoms with Crippen LogP contribution in [0.2, 0.25) is 0 Å². The molecule has 0 bridgehead atoms. The van der Waals surface area contributed by atoms with Crippen LogP contribution in [0.15, 0.2) is 11.4 Å². The van der Waals surface area contributed by atoms with Crippen molar-refractivity contribution in [3.8, 4) is 0 Å². The third-order valence-corrected chi connectivity index (χ3v) is 4.35. The van der Waals surface area contributed by atoms with Crippen LogP contribution < -0.4 is 0 Å². The van der Waals surface area contributed by atoms with Gasteiger partial charge in [-0.05, 0) is 35.8 Å². The highest BCUT2D eigenvalue weighted by atomic mass is 32.1. The molecule has 2 nitrogen and oxygen atoms in total. The van der Waals surface area contributed by atoms with E-state index in [0.717, 1.165) is 18.4 Å². The normalized spacial score (nSPS) is 19.0. The summed E-state index contributed by atoms with van der Waals surface area (Å²) in [6, 6.07) is 2.01. The molecule has 0 amide bonds. The minimum atomic E-state index is -0.757. The van der Waals surface area contributed by atoms with Crippen LogP contribution in [0.3, 0.4) is 0 Å². The lowest BCUT2D eigenvalue weighted by Crippen LogP contribution is -2.06. The van der Waals surface area contributed by atoms with Crippen molar-refractivity contribution in [3.05, 3.63) is 21.9 Å². The predicted octanol–water partition coefficient (Wildman–Crippen LogP) is 4.27. The van der Waals surface area contributed by atoms with Gasteiger partial charge in [0.05, 0.1) is 0 Å². The third kappa shape index (κ3) is 2.64. The molecule has 0 atom stereocenters. The first-order chi connectivity index (χ1) is 7.79. The summed E-state index contributed by atoms with van der Waals surface area (Å²) in [5.41, 5.74) is 1.08. The molecule has 1 aliphatic carbocycles. The van der Waals surface area contributed by atoms with Crippen LogP contribution in [0.1, 0.15) is 66.1 Å². The van der Waals surface area contributed by atoms with Crippen LogP contribution in [0.5, 0.6) is 0 Å². The fourth-order valence-electron chi connectivity index (χ4n) is 2.58. The van der Waals surface area contributed by atoms with E-state index in [4.69, 9.17) is 5.11 Å². The van der Waals surface area contributed by atoms with Gasteiger partial charge in [0.2, 0.25) is 0 Å². The lowest BCUT2D eigenvalue weighted by Gasteiger charge is -2.19. The molecule has 1 aromatic rings. The first-order valence-electron chi connectivity index (χ1n) is 6.09. The van der Waals surface area contributed by atoms with Gasteiger partial charge in [-0.2, -0.15) is 0 Å². The van der Waals surface area contributed by atoms with Crippen LogP contribution in [-0.4, -0.2) is 11.1 Å².